The standard InChI is InChI=1S/C11H20N2O3/c1-16-10(14)3-2-6-13-11(15)8-4-5-9(12)7-8/h8-9H,2-7,12H2,1H3,(H,13,15). The average molecular weight is 228 g/mol. The van der Waals surface area contributed by atoms with Gasteiger partial charge >= 0.3 is 5.97 Å². The molecule has 0 aromatic heterocycles. The van der Waals surface area contributed by atoms with Crippen LogP contribution >= 0.6 is 0 Å². The van der Waals surface area contributed by atoms with E-state index in [9.17, 15) is 9.59 Å². The fraction of sp³-hybridized carbons (Fsp3) is 0.818. The first-order valence-electron chi connectivity index (χ1n) is 5.73. The van der Waals surface area contributed by atoms with Crippen molar-refractivity contribution in [2.45, 2.75) is 38.1 Å². The van der Waals surface area contributed by atoms with Gasteiger partial charge in [0.05, 0.1) is 7.11 Å². The summed E-state index contributed by atoms with van der Waals surface area (Å²) in [4.78, 5) is 22.4. The second-order valence-corrected chi connectivity index (χ2v) is 4.24. The summed E-state index contributed by atoms with van der Waals surface area (Å²) < 4.78 is 4.50. The molecule has 92 valence electrons. The minimum Gasteiger partial charge on any atom is -0.469 e. The van der Waals surface area contributed by atoms with Crippen LogP contribution in [0.15, 0.2) is 0 Å². The fourth-order valence-electron chi connectivity index (χ4n) is 1.95. The highest BCUT2D eigenvalue weighted by Gasteiger charge is 2.27. The van der Waals surface area contributed by atoms with Gasteiger partial charge in [0, 0.05) is 24.9 Å². The summed E-state index contributed by atoms with van der Waals surface area (Å²) in [6.45, 7) is 0.527. The molecule has 0 heterocycles. The topological polar surface area (TPSA) is 81.4 Å². The summed E-state index contributed by atoms with van der Waals surface area (Å²) in [5.41, 5.74) is 5.73. The number of nitrogens with two attached hydrogens (primary N) is 1. The van der Waals surface area contributed by atoms with Crippen molar-refractivity contribution >= 4 is 11.9 Å². The number of carbonyl (C=O) groups excluding carboxylic acids is 2. The van der Waals surface area contributed by atoms with Gasteiger partial charge in [-0.05, 0) is 25.7 Å². The maximum Gasteiger partial charge on any atom is 0.305 e. The van der Waals surface area contributed by atoms with Crippen molar-refractivity contribution in [3.63, 3.8) is 0 Å². The molecule has 0 bridgehead atoms. The van der Waals surface area contributed by atoms with Crippen LogP contribution in [0.5, 0.6) is 0 Å². The molecule has 1 rings (SSSR count). The van der Waals surface area contributed by atoms with Gasteiger partial charge in [-0.2, -0.15) is 0 Å². The molecule has 16 heavy (non-hydrogen) atoms. The van der Waals surface area contributed by atoms with E-state index in [0.29, 0.717) is 19.4 Å². The molecular weight excluding hydrogens is 208 g/mol. The first kappa shape index (κ1) is 13.0. The van der Waals surface area contributed by atoms with Crippen molar-refractivity contribution in [2.75, 3.05) is 13.7 Å². The molecule has 0 aliphatic heterocycles. The Morgan fingerprint density at radius 2 is 2.19 bits per heavy atom. The summed E-state index contributed by atoms with van der Waals surface area (Å²) in [7, 11) is 1.36. The van der Waals surface area contributed by atoms with Crippen molar-refractivity contribution in [3.8, 4) is 0 Å². The molecule has 0 aromatic rings. The first-order valence-corrected chi connectivity index (χ1v) is 5.73. The Kier molecular flexibility index (Phi) is 5.25. The second kappa shape index (κ2) is 6.48. The lowest BCUT2D eigenvalue weighted by Crippen LogP contribution is -2.31. The zero-order valence-electron chi connectivity index (χ0n) is 9.70. The van der Waals surface area contributed by atoms with Crippen LogP contribution in [0.1, 0.15) is 32.1 Å². The number of carbonyl (C=O) groups is 2. The van der Waals surface area contributed by atoms with Gasteiger partial charge in [-0.25, -0.2) is 0 Å². The highest BCUT2D eigenvalue weighted by atomic mass is 16.5. The Balaban J connectivity index is 2.09. The van der Waals surface area contributed by atoms with Crippen LogP contribution < -0.4 is 11.1 Å². The van der Waals surface area contributed by atoms with Crippen LogP contribution in [-0.2, 0) is 14.3 Å². The summed E-state index contributed by atoms with van der Waals surface area (Å²) >= 11 is 0. The molecule has 1 aliphatic carbocycles. The van der Waals surface area contributed by atoms with E-state index in [0.717, 1.165) is 19.3 Å². The molecule has 1 saturated carbocycles. The van der Waals surface area contributed by atoms with Crippen molar-refractivity contribution in [3.05, 3.63) is 0 Å². The normalized spacial score (nSPS) is 24.1. The van der Waals surface area contributed by atoms with E-state index in [4.69, 9.17) is 5.73 Å². The fourth-order valence-corrected chi connectivity index (χ4v) is 1.95. The van der Waals surface area contributed by atoms with Gasteiger partial charge in [-0.1, -0.05) is 0 Å². The van der Waals surface area contributed by atoms with Gasteiger partial charge in [0.1, 0.15) is 0 Å². The number of methoxy groups -OCH3 is 1. The Morgan fingerprint density at radius 1 is 1.44 bits per heavy atom. The summed E-state index contributed by atoms with van der Waals surface area (Å²) in [5, 5.41) is 2.82. The van der Waals surface area contributed by atoms with Crippen LogP contribution in [0.2, 0.25) is 0 Å². The molecule has 0 saturated heterocycles. The highest BCUT2D eigenvalue weighted by molar-refractivity contribution is 5.79. The predicted molar refractivity (Wildman–Crippen MR) is 59.6 cm³/mol. The number of nitrogens with one attached hydrogen (secondary N) is 1. The van der Waals surface area contributed by atoms with Crippen molar-refractivity contribution in [1.29, 1.82) is 0 Å². The van der Waals surface area contributed by atoms with E-state index in [2.05, 4.69) is 10.1 Å². The molecule has 5 heteroatoms. The predicted octanol–water partition coefficient (Wildman–Crippen LogP) is 0.183. The van der Waals surface area contributed by atoms with Gasteiger partial charge < -0.3 is 15.8 Å². The summed E-state index contributed by atoms with van der Waals surface area (Å²) in [6, 6.07) is 0.172. The Bertz CT molecular complexity index is 256. The molecule has 1 fully saturated rings. The molecule has 3 N–H and O–H groups in total. The van der Waals surface area contributed by atoms with E-state index < -0.39 is 0 Å². The van der Waals surface area contributed by atoms with E-state index >= 15 is 0 Å². The molecule has 0 aromatic carbocycles. The molecule has 0 spiro atoms. The van der Waals surface area contributed by atoms with Crippen LogP contribution in [-0.4, -0.2) is 31.6 Å². The van der Waals surface area contributed by atoms with Crippen molar-refractivity contribution in [2.24, 2.45) is 11.7 Å². The zero-order valence-corrected chi connectivity index (χ0v) is 9.70. The van der Waals surface area contributed by atoms with Gasteiger partial charge in [0.25, 0.3) is 0 Å². The van der Waals surface area contributed by atoms with Gasteiger partial charge in [-0.15, -0.1) is 0 Å². The van der Waals surface area contributed by atoms with Crippen LogP contribution in [0, 0.1) is 5.92 Å². The molecular formula is C11H20N2O3. The second-order valence-electron chi connectivity index (χ2n) is 4.24. The minimum atomic E-state index is -0.239. The summed E-state index contributed by atoms with van der Waals surface area (Å²) in [6.07, 6.45) is 3.56. The van der Waals surface area contributed by atoms with Gasteiger partial charge in [-0.3, -0.25) is 9.59 Å². The van der Waals surface area contributed by atoms with E-state index in [1.165, 1.54) is 7.11 Å². The number of hydrogen-bond acceptors (Lipinski definition) is 4. The molecule has 2 atom stereocenters. The number of esters is 1. The van der Waals surface area contributed by atoms with Crippen LogP contribution in [0.4, 0.5) is 0 Å². The van der Waals surface area contributed by atoms with Crippen molar-refractivity contribution in [1.82, 2.24) is 5.32 Å². The molecule has 1 amide bonds. The third-order valence-corrected chi connectivity index (χ3v) is 2.93. The lowest BCUT2D eigenvalue weighted by molar-refractivity contribution is -0.140. The molecule has 2 unspecified atom stereocenters. The largest absolute Gasteiger partial charge is 0.469 e. The van der Waals surface area contributed by atoms with Crippen LogP contribution in [0.3, 0.4) is 0 Å². The number of ether oxygens (including phenoxy) is 1. The minimum absolute atomic E-state index is 0.0631. The Hall–Kier alpha value is -1.10. The first-order chi connectivity index (χ1) is 7.63. The van der Waals surface area contributed by atoms with E-state index in [-0.39, 0.29) is 23.8 Å². The summed E-state index contributed by atoms with van der Waals surface area (Å²) in [5.74, 6) is -0.108. The van der Waals surface area contributed by atoms with Gasteiger partial charge in [0.2, 0.25) is 5.91 Å². The SMILES string of the molecule is COC(=O)CCCNC(=O)C1CCC(N)C1. The number of amides is 1. The third-order valence-electron chi connectivity index (χ3n) is 2.93. The average Bonchev–Trinajstić information content (AvgIpc) is 2.70. The maximum atomic E-state index is 11.6. The Labute approximate surface area is 95.7 Å². The molecule has 1 aliphatic rings. The molecule has 5 nitrogen and oxygen atoms in total. The van der Waals surface area contributed by atoms with E-state index in [1.807, 2.05) is 0 Å². The Morgan fingerprint density at radius 3 is 2.75 bits per heavy atom. The smallest absolute Gasteiger partial charge is 0.305 e. The monoisotopic (exact) mass is 228 g/mol. The maximum absolute atomic E-state index is 11.6. The molecule has 0 radical (unpaired) electrons. The van der Waals surface area contributed by atoms with Gasteiger partial charge in [0.15, 0.2) is 0 Å². The van der Waals surface area contributed by atoms with Crippen molar-refractivity contribution < 1.29 is 14.3 Å². The van der Waals surface area contributed by atoms with E-state index in [1.54, 1.807) is 0 Å². The number of hydrogen-bond donors (Lipinski definition) is 2. The zero-order chi connectivity index (χ0) is 12.0. The quantitative estimate of drug-likeness (QED) is 0.519. The number of rotatable bonds is 5. The lowest BCUT2D eigenvalue weighted by atomic mass is 10.1. The lowest BCUT2D eigenvalue weighted by Gasteiger charge is -2.10. The third kappa shape index (κ3) is 4.18. The van der Waals surface area contributed by atoms with Crippen LogP contribution in [0.25, 0.3) is 0 Å². The highest BCUT2D eigenvalue weighted by Crippen LogP contribution is 2.23.